The summed E-state index contributed by atoms with van der Waals surface area (Å²) in [6.07, 6.45) is 2.96. The molecule has 3 rings (SSSR count). The fourth-order valence-electron chi connectivity index (χ4n) is 3.30. The van der Waals surface area contributed by atoms with Gasteiger partial charge in [0.25, 0.3) is 5.91 Å². The Bertz CT molecular complexity index is 886. The maximum absolute atomic E-state index is 12.5. The van der Waals surface area contributed by atoms with Crippen LogP contribution >= 0.6 is 0 Å². The maximum atomic E-state index is 12.5. The molecule has 1 saturated heterocycles. The van der Waals surface area contributed by atoms with E-state index in [1.54, 1.807) is 28.6 Å². The van der Waals surface area contributed by atoms with Gasteiger partial charge in [-0.15, -0.1) is 0 Å². The number of sulfonamides is 1. The lowest BCUT2D eigenvalue weighted by molar-refractivity contribution is 0.0951. The Morgan fingerprint density at radius 1 is 1.00 bits per heavy atom. The second kappa shape index (κ2) is 8.67. The molecule has 144 valence electrons. The summed E-state index contributed by atoms with van der Waals surface area (Å²) < 4.78 is 26.6. The Kier molecular flexibility index (Phi) is 6.29. The van der Waals surface area contributed by atoms with Crippen molar-refractivity contribution in [2.75, 3.05) is 13.1 Å². The van der Waals surface area contributed by atoms with E-state index in [-0.39, 0.29) is 11.7 Å². The van der Waals surface area contributed by atoms with Crippen LogP contribution in [0.25, 0.3) is 0 Å². The Labute approximate surface area is 161 Å². The molecule has 0 saturated carbocycles. The minimum Gasteiger partial charge on any atom is -0.348 e. The molecule has 1 N–H and O–H groups in total. The molecular formula is C21H26N2O3S. The fourth-order valence-corrected chi connectivity index (χ4v) is 4.91. The summed E-state index contributed by atoms with van der Waals surface area (Å²) in [6.45, 7) is 3.71. The molecule has 0 aliphatic carbocycles. The first-order chi connectivity index (χ1) is 12.9. The summed E-state index contributed by atoms with van der Waals surface area (Å²) >= 11 is 0. The van der Waals surface area contributed by atoms with Crippen LogP contribution in [0.3, 0.4) is 0 Å². The van der Waals surface area contributed by atoms with Gasteiger partial charge in [-0.05, 0) is 43.0 Å². The fraction of sp³-hybridized carbons (Fsp3) is 0.381. The van der Waals surface area contributed by atoms with Gasteiger partial charge in [-0.2, -0.15) is 0 Å². The third-order valence-electron chi connectivity index (χ3n) is 4.81. The molecule has 0 aromatic heterocycles. The van der Waals surface area contributed by atoms with Gasteiger partial charge >= 0.3 is 0 Å². The molecule has 5 nitrogen and oxygen atoms in total. The van der Waals surface area contributed by atoms with E-state index in [1.807, 2.05) is 31.2 Å². The molecule has 0 bridgehead atoms. The summed E-state index contributed by atoms with van der Waals surface area (Å²) in [7, 11) is -3.29. The van der Waals surface area contributed by atoms with Gasteiger partial charge in [0.1, 0.15) is 0 Å². The smallest absolute Gasteiger partial charge is 0.251 e. The zero-order chi connectivity index (χ0) is 19.3. The number of piperidine rings is 1. The number of nitrogens with zero attached hydrogens (tertiary/aromatic N) is 1. The number of hydrogen-bond acceptors (Lipinski definition) is 3. The molecule has 1 fully saturated rings. The number of carbonyl (C=O) groups excluding carboxylic acids is 1. The number of benzene rings is 2. The molecule has 1 aliphatic rings. The van der Waals surface area contributed by atoms with Gasteiger partial charge in [-0.1, -0.05) is 48.4 Å². The van der Waals surface area contributed by atoms with Crippen LogP contribution < -0.4 is 5.32 Å². The first kappa shape index (κ1) is 19.6. The van der Waals surface area contributed by atoms with Gasteiger partial charge in [-0.25, -0.2) is 12.7 Å². The van der Waals surface area contributed by atoms with Crippen LogP contribution in [0, 0.1) is 6.92 Å². The lowest BCUT2D eigenvalue weighted by atomic mass is 10.1. The Hall–Kier alpha value is -2.18. The average Bonchev–Trinajstić information content (AvgIpc) is 2.67. The normalized spacial score (nSPS) is 15.4. The molecule has 0 atom stereocenters. The van der Waals surface area contributed by atoms with Crippen LogP contribution in [0.2, 0.25) is 0 Å². The maximum Gasteiger partial charge on any atom is 0.251 e. The highest BCUT2D eigenvalue weighted by Crippen LogP contribution is 2.17. The molecule has 2 aromatic carbocycles. The van der Waals surface area contributed by atoms with Crippen LogP contribution in [0.4, 0.5) is 0 Å². The van der Waals surface area contributed by atoms with Gasteiger partial charge < -0.3 is 5.32 Å². The van der Waals surface area contributed by atoms with Crippen LogP contribution in [-0.2, 0) is 22.3 Å². The van der Waals surface area contributed by atoms with E-state index in [0.29, 0.717) is 30.8 Å². The van der Waals surface area contributed by atoms with Crippen LogP contribution in [-0.4, -0.2) is 31.7 Å². The van der Waals surface area contributed by atoms with Crippen molar-refractivity contribution in [2.24, 2.45) is 0 Å². The van der Waals surface area contributed by atoms with Crippen molar-refractivity contribution in [1.82, 2.24) is 9.62 Å². The molecule has 0 radical (unpaired) electrons. The van der Waals surface area contributed by atoms with E-state index in [4.69, 9.17) is 0 Å². The molecule has 2 aromatic rings. The minimum absolute atomic E-state index is 0.0157. The van der Waals surface area contributed by atoms with E-state index >= 15 is 0 Å². The van der Waals surface area contributed by atoms with Gasteiger partial charge in [0.05, 0.1) is 5.75 Å². The predicted octanol–water partition coefficient (Wildman–Crippen LogP) is 3.24. The molecule has 1 amide bonds. The molecule has 1 aliphatic heterocycles. The number of hydrogen-bond donors (Lipinski definition) is 1. The lowest BCUT2D eigenvalue weighted by Crippen LogP contribution is -2.36. The van der Waals surface area contributed by atoms with E-state index in [9.17, 15) is 13.2 Å². The Balaban J connectivity index is 1.58. The molecule has 1 heterocycles. The molecule has 6 heteroatoms. The van der Waals surface area contributed by atoms with Gasteiger partial charge in [-0.3, -0.25) is 4.79 Å². The highest BCUT2D eigenvalue weighted by atomic mass is 32.2. The highest BCUT2D eigenvalue weighted by molar-refractivity contribution is 7.88. The first-order valence-electron chi connectivity index (χ1n) is 9.34. The number of rotatable bonds is 6. The lowest BCUT2D eigenvalue weighted by Gasteiger charge is -2.25. The monoisotopic (exact) mass is 386 g/mol. The van der Waals surface area contributed by atoms with Crippen molar-refractivity contribution < 1.29 is 13.2 Å². The molecule has 0 unspecified atom stereocenters. The average molecular weight is 387 g/mol. The molecule has 27 heavy (non-hydrogen) atoms. The van der Waals surface area contributed by atoms with Crippen LogP contribution in [0.15, 0.2) is 48.5 Å². The summed E-state index contributed by atoms with van der Waals surface area (Å²) in [4.78, 5) is 12.3. The van der Waals surface area contributed by atoms with E-state index in [0.717, 1.165) is 30.4 Å². The Morgan fingerprint density at radius 3 is 2.37 bits per heavy atom. The minimum atomic E-state index is -3.29. The van der Waals surface area contributed by atoms with E-state index in [1.165, 1.54) is 0 Å². The number of amides is 1. The first-order valence-corrected chi connectivity index (χ1v) is 11.0. The SMILES string of the molecule is Cc1cccc(CNC(=O)c2ccc(CS(=O)(=O)N3CCCCC3)cc2)c1. The van der Waals surface area contributed by atoms with E-state index < -0.39 is 10.0 Å². The van der Waals surface area contributed by atoms with Crippen molar-refractivity contribution in [3.05, 3.63) is 70.8 Å². The number of nitrogens with one attached hydrogen (secondary N) is 1. The third kappa shape index (κ3) is 5.40. The standard InChI is InChI=1S/C21H26N2O3S/c1-17-6-5-7-19(14-17)15-22-21(24)20-10-8-18(9-11-20)16-27(25,26)23-12-3-2-4-13-23/h5-11,14H,2-4,12-13,15-16H2,1H3,(H,22,24). The van der Waals surface area contributed by atoms with Gasteiger partial charge in [0, 0.05) is 25.2 Å². The van der Waals surface area contributed by atoms with Crippen LogP contribution in [0.5, 0.6) is 0 Å². The quantitative estimate of drug-likeness (QED) is 0.829. The largest absolute Gasteiger partial charge is 0.348 e. The van der Waals surface area contributed by atoms with Gasteiger partial charge in [0.15, 0.2) is 0 Å². The summed E-state index contributed by atoms with van der Waals surface area (Å²) in [5.41, 5.74) is 3.44. The van der Waals surface area contributed by atoms with Crippen molar-refractivity contribution in [3.63, 3.8) is 0 Å². The van der Waals surface area contributed by atoms with Gasteiger partial charge in [0.2, 0.25) is 10.0 Å². The highest BCUT2D eigenvalue weighted by Gasteiger charge is 2.24. The molecular weight excluding hydrogens is 360 g/mol. The van der Waals surface area contributed by atoms with Crippen molar-refractivity contribution >= 4 is 15.9 Å². The topological polar surface area (TPSA) is 66.5 Å². The predicted molar refractivity (Wildman–Crippen MR) is 107 cm³/mol. The zero-order valence-electron chi connectivity index (χ0n) is 15.6. The van der Waals surface area contributed by atoms with Crippen molar-refractivity contribution in [2.45, 2.75) is 38.5 Å². The summed E-state index contributed by atoms with van der Waals surface area (Å²) in [6, 6.07) is 14.8. The third-order valence-corrected chi connectivity index (χ3v) is 6.66. The Morgan fingerprint density at radius 2 is 1.70 bits per heavy atom. The second-order valence-electron chi connectivity index (χ2n) is 7.08. The van der Waals surface area contributed by atoms with Crippen molar-refractivity contribution in [3.8, 4) is 0 Å². The summed E-state index contributed by atoms with van der Waals surface area (Å²) in [5, 5.41) is 2.90. The number of carbonyl (C=O) groups is 1. The summed E-state index contributed by atoms with van der Waals surface area (Å²) in [5.74, 6) is -0.181. The molecule has 0 spiro atoms. The van der Waals surface area contributed by atoms with Crippen LogP contribution in [0.1, 0.15) is 46.3 Å². The zero-order valence-corrected chi connectivity index (χ0v) is 16.5. The van der Waals surface area contributed by atoms with Crippen molar-refractivity contribution in [1.29, 1.82) is 0 Å². The number of aryl methyl sites for hydroxylation is 1. The second-order valence-corrected chi connectivity index (χ2v) is 9.05. The van der Waals surface area contributed by atoms with E-state index in [2.05, 4.69) is 5.32 Å².